The minimum absolute atomic E-state index is 0.0270. The Morgan fingerprint density at radius 3 is 1.97 bits per heavy atom. The molecule has 35 heavy (non-hydrogen) atoms. The maximum atomic E-state index is 14.7. The second-order valence-corrected chi connectivity index (χ2v) is 8.42. The Morgan fingerprint density at radius 1 is 0.714 bits per heavy atom. The highest BCUT2D eigenvalue weighted by molar-refractivity contribution is 5.76. The van der Waals surface area contributed by atoms with E-state index in [1.807, 2.05) is 0 Å². The van der Waals surface area contributed by atoms with E-state index < -0.39 is 40.9 Å². The molecule has 4 rings (SSSR count). The van der Waals surface area contributed by atoms with E-state index in [4.69, 9.17) is 14.2 Å². The van der Waals surface area contributed by atoms with Crippen LogP contribution in [0.5, 0.6) is 17.2 Å². The Hall–Kier alpha value is -3.55. The molecule has 0 aliphatic heterocycles. The number of benzene rings is 3. The van der Waals surface area contributed by atoms with E-state index in [-0.39, 0.29) is 22.8 Å². The van der Waals surface area contributed by atoms with Crippen LogP contribution in [0.2, 0.25) is 0 Å². The van der Waals surface area contributed by atoms with E-state index in [1.165, 1.54) is 38.5 Å². The van der Waals surface area contributed by atoms with Crippen LogP contribution < -0.4 is 14.2 Å². The van der Waals surface area contributed by atoms with Crippen LogP contribution in [-0.2, 0) is 4.79 Å². The van der Waals surface area contributed by atoms with Gasteiger partial charge in [0.15, 0.2) is 23.1 Å². The van der Waals surface area contributed by atoms with Gasteiger partial charge in [0, 0.05) is 5.56 Å². The lowest BCUT2D eigenvalue weighted by Gasteiger charge is -2.28. The number of rotatable bonds is 6. The van der Waals surface area contributed by atoms with Gasteiger partial charge in [0.2, 0.25) is 11.6 Å². The Bertz CT molecular complexity index is 1220. The summed E-state index contributed by atoms with van der Waals surface area (Å²) in [4.78, 5) is 12.6. The van der Waals surface area contributed by atoms with Crippen molar-refractivity contribution in [3.05, 3.63) is 77.4 Å². The molecule has 0 amide bonds. The monoisotopic (exact) mass is 488 g/mol. The Balaban J connectivity index is 1.42. The molecule has 0 saturated heterocycles. The number of hydrogen-bond acceptors (Lipinski definition) is 4. The summed E-state index contributed by atoms with van der Waals surface area (Å²) in [7, 11) is 2.76. The first kappa shape index (κ1) is 24.6. The third-order valence-corrected chi connectivity index (χ3v) is 6.46. The smallest absolute Gasteiger partial charge is 0.314 e. The van der Waals surface area contributed by atoms with Gasteiger partial charge >= 0.3 is 5.97 Å². The molecule has 184 valence electrons. The van der Waals surface area contributed by atoms with Gasteiger partial charge in [-0.15, -0.1) is 0 Å². The van der Waals surface area contributed by atoms with Crippen LogP contribution in [-0.4, -0.2) is 20.2 Å². The van der Waals surface area contributed by atoms with Crippen molar-refractivity contribution in [1.82, 2.24) is 0 Å². The lowest BCUT2D eigenvalue weighted by Crippen LogP contribution is -2.26. The fourth-order valence-corrected chi connectivity index (χ4v) is 4.46. The van der Waals surface area contributed by atoms with Crippen molar-refractivity contribution in [2.24, 2.45) is 5.92 Å². The minimum Gasteiger partial charge on any atom is -0.497 e. The van der Waals surface area contributed by atoms with Gasteiger partial charge in [0.1, 0.15) is 5.75 Å². The SMILES string of the molecule is COc1ccc(-c2ccc(OC(=O)C3CCC(c4ccc(OC)c(F)c4F)CC3)c(F)c2F)cc1. The van der Waals surface area contributed by atoms with Gasteiger partial charge in [-0.3, -0.25) is 4.79 Å². The van der Waals surface area contributed by atoms with Gasteiger partial charge in [-0.25, -0.2) is 8.78 Å². The molecule has 0 aromatic heterocycles. The van der Waals surface area contributed by atoms with Crippen molar-refractivity contribution in [3.8, 4) is 28.4 Å². The molecule has 1 fully saturated rings. The fourth-order valence-electron chi connectivity index (χ4n) is 4.46. The average molecular weight is 488 g/mol. The predicted molar refractivity (Wildman–Crippen MR) is 122 cm³/mol. The van der Waals surface area contributed by atoms with Gasteiger partial charge in [0.25, 0.3) is 0 Å². The summed E-state index contributed by atoms with van der Waals surface area (Å²) in [6.07, 6.45) is 1.56. The van der Waals surface area contributed by atoms with Crippen LogP contribution in [0.15, 0.2) is 48.5 Å². The van der Waals surface area contributed by atoms with Crippen molar-refractivity contribution in [1.29, 1.82) is 0 Å². The fraction of sp³-hybridized carbons (Fsp3) is 0.296. The van der Waals surface area contributed by atoms with Crippen molar-refractivity contribution in [2.45, 2.75) is 31.6 Å². The topological polar surface area (TPSA) is 44.8 Å². The first-order valence-electron chi connectivity index (χ1n) is 11.2. The van der Waals surface area contributed by atoms with Gasteiger partial charge in [-0.05, 0) is 73.1 Å². The van der Waals surface area contributed by atoms with Crippen LogP contribution >= 0.6 is 0 Å². The van der Waals surface area contributed by atoms with Gasteiger partial charge in [-0.1, -0.05) is 18.2 Å². The van der Waals surface area contributed by atoms with E-state index in [1.54, 1.807) is 24.3 Å². The van der Waals surface area contributed by atoms with E-state index >= 15 is 0 Å². The number of halogens is 4. The zero-order chi connectivity index (χ0) is 25.1. The molecule has 1 aliphatic carbocycles. The Labute approximate surface area is 200 Å². The molecular formula is C27H24F4O4. The van der Waals surface area contributed by atoms with Crippen LogP contribution in [0.4, 0.5) is 17.6 Å². The number of methoxy groups -OCH3 is 2. The lowest BCUT2D eigenvalue weighted by molar-refractivity contribution is -0.140. The van der Waals surface area contributed by atoms with Crippen LogP contribution in [0.1, 0.15) is 37.2 Å². The number of carbonyl (C=O) groups is 1. The molecule has 0 heterocycles. The quantitative estimate of drug-likeness (QED) is 0.217. The first-order chi connectivity index (χ1) is 16.8. The summed E-state index contributed by atoms with van der Waals surface area (Å²) < 4.78 is 72.9. The van der Waals surface area contributed by atoms with E-state index in [0.29, 0.717) is 37.0 Å². The average Bonchev–Trinajstić information content (AvgIpc) is 2.88. The minimum atomic E-state index is -1.25. The molecule has 0 unspecified atom stereocenters. The van der Waals surface area contributed by atoms with Crippen LogP contribution in [0.25, 0.3) is 11.1 Å². The third-order valence-electron chi connectivity index (χ3n) is 6.46. The highest BCUT2D eigenvalue weighted by Crippen LogP contribution is 2.39. The van der Waals surface area contributed by atoms with Gasteiger partial charge in [-0.2, -0.15) is 8.78 Å². The molecule has 1 saturated carbocycles. The van der Waals surface area contributed by atoms with Gasteiger partial charge < -0.3 is 14.2 Å². The normalized spacial score (nSPS) is 17.7. The summed E-state index contributed by atoms with van der Waals surface area (Å²) in [5.41, 5.74) is 0.706. The summed E-state index contributed by atoms with van der Waals surface area (Å²) in [5, 5.41) is 0. The third kappa shape index (κ3) is 4.97. The predicted octanol–water partition coefficient (Wildman–Crippen LogP) is 6.81. The lowest BCUT2D eigenvalue weighted by atomic mass is 9.78. The highest BCUT2D eigenvalue weighted by atomic mass is 19.2. The number of esters is 1. The van der Waals surface area contributed by atoms with Crippen molar-refractivity contribution >= 4 is 5.97 Å². The van der Waals surface area contributed by atoms with Crippen molar-refractivity contribution < 1.29 is 36.6 Å². The van der Waals surface area contributed by atoms with Crippen LogP contribution in [0.3, 0.4) is 0 Å². The van der Waals surface area contributed by atoms with Crippen LogP contribution in [0, 0.1) is 29.2 Å². The molecule has 0 spiro atoms. The summed E-state index contributed by atoms with van der Waals surface area (Å²) in [5.74, 6) is -5.95. The number of ether oxygens (including phenoxy) is 3. The molecule has 0 bridgehead atoms. The number of carbonyl (C=O) groups excluding carboxylic acids is 1. The summed E-state index contributed by atoms with van der Waals surface area (Å²) in [6.45, 7) is 0. The van der Waals surface area contributed by atoms with E-state index in [0.717, 1.165) is 0 Å². The molecule has 0 N–H and O–H groups in total. The number of hydrogen-bond donors (Lipinski definition) is 0. The van der Waals surface area contributed by atoms with E-state index in [2.05, 4.69) is 0 Å². The van der Waals surface area contributed by atoms with Gasteiger partial charge in [0.05, 0.1) is 20.1 Å². The zero-order valence-corrected chi connectivity index (χ0v) is 19.2. The standard InChI is InChI=1S/C27H24F4O4/c1-33-18-9-7-16(8-10-18)20-12-14-22(26(31)24(20)29)35-27(32)17-5-3-15(4-6-17)19-11-13-21(34-2)25(30)23(19)28/h7-15,17H,3-6H2,1-2H3. The molecule has 4 nitrogen and oxygen atoms in total. The zero-order valence-electron chi connectivity index (χ0n) is 19.2. The highest BCUT2D eigenvalue weighted by Gasteiger charge is 2.31. The van der Waals surface area contributed by atoms with E-state index in [9.17, 15) is 22.4 Å². The molecular weight excluding hydrogens is 464 g/mol. The molecule has 1 aliphatic rings. The molecule has 3 aromatic rings. The second-order valence-electron chi connectivity index (χ2n) is 8.42. The second kappa shape index (κ2) is 10.4. The maximum Gasteiger partial charge on any atom is 0.314 e. The summed E-state index contributed by atoms with van der Waals surface area (Å²) in [6, 6.07) is 11.9. The summed E-state index contributed by atoms with van der Waals surface area (Å²) >= 11 is 0. The largest absolute Gasteiger partial charge is 0.497 e. The van der Waals surface area contributed by atoms with Crippen molar-refractivity contribution in [2.75, 3.05) is 14.2 Å². The maximum absolute atomic E-state index is 14.7. The Morgan fingerprint density at radius 2 is 1.34 bits per heavy atom. The molecule has 3 aromatic carbocycles. The molecule has 0 radical (unpaired) electrons. The Kier molecular flexibility index (Phi) is 7.28. The first-order valence-corrected chi connectivity index (χ1v) is 11.2. The van der Waals surface area contributed by atoms with Crippen molar-refractivity contribution in [3.63, 3.8) is 0 Å². The molecule has 8 heteroatoms. The molecule has 0 atom stereocenters.